The van der Waals surface area contributed by atoms with Crippen LogP contribution in [0, 0.1) is 6.92 Å². The van der Waals surface area contributed by atoms with Crippen molar-refractivity contribution in [1.29, 1.82) is 0 Å². The minimum Gasteiger partial charge on any atom is -0.454 e. The quantitative estimate of drug-likeness (QED) is 0.483. The minimum atomic E-state index is -0.122. The number of amides is 1. The smallest absolute Gasteiger partial charge is 0.252 e. The van der Waals surface area contributed by atoms with Crippen LogP contribution in [0.1, 0.15) is 11.1 Å². The number of ether oxygens (including phenoxy) is 3. The maximum absolute atomic E-state index is 13.3. The summed E-state index contributed by atoms with van der Waals surface area (Å²) in [5, 5.41) is 1.34. The van der Waals surface area contributed by atoms with Gasteiger partial charge < -0.3 is 14.2 Å². The Bertz CT molecular complexity index is 1210. The van der Waals surface area contributed by atoms with Crippen LogP contribution in [0.5, 0.6) is 11.5 Å². The van der Waals surface area contributed by atoms with Crippen LogP contribution in [0.25, 0.3) is 16.3 Å². The lowest BCUT2D eigenvalue weighted by Crippen LogP contribution is -2.42. The summed E-state index contributed by atoms with van der Waals surface area (Å²) >= 11 is 7.73. The van der Waals surface area contributed by atoms with Crippen LogP contribution >= 0.6 is 22.9 Å². The Labute approximate surface area is 201 Å². The number of aromatic nitrogens is 1. The number of halogens is 1. The van der Waals surface area contributed by atoms with Gasteiger partial charge in [0.1, 0.15) is 0 Å². The number of hydrogen-bond acceptors (Lipinski definition) is 7. The lowest BCUT2D eigenvalue weighted by Gasteiger charge is -2.28. The molecule has 2 aliphatic rings. The van der Waals surface area contributed by atoms with Gasteiger partial charge in [0.25, 0.3) is 5.91 Å². The summed E-state index contributed by atoms with van der Waals surface area (Å²) in [6.07, 6.45) is 3.38. The molecule has 9 heteroatoms. The van der Waals surface area contributed by atoms with Crippen molar-refractivity contribution in [2.75, 3.05) is 51.1 Å². The zero-order chi connectivity index (χ0) is 22.8. The van der Waals surface area contributed by atoms with Gasteiger partial charge >= 0.3 is 0 Å². The number of fused-ring (bicyclic) bond motifs is 2. The Balaban J connectivity index is 1.40. The fourth-order valence-electron chi connectivity index (χ4n) is 3.90. The van der Waals surface area contributed by atoms with Crippen LogP contribution in [-0.4, -0.2) is 62.0 Å². The molecule has 0 spiro atoms. The van der Waals surface area contributed by atoms with Crippen LogP contribution in [-0.2, 0) is 9.53 Å². The molecule has 1 aromatic heterocycles. The number of carbonyl (C=O) groups is 1. The van der Waals surface area contributed by atoms with E-state index >= 15 is 0 Å². The number of hydrogen-bond donors (Lipinski definition) is 0. The lowest BCUT2D eigenvalue weighted by molar-refractivity contribution is -0.114. The average Bonchev–Trinajstić information content (AvgIpc) is 3.45. The van der Waals surface area contributed by atoms with E-state index in [1.807, 2.05) is 37.3 Å². The Morgan fingerprint density at radius 3 is 2.88 bits per heavy atom. The predicted octanol–water partition coefficient (Wildman–Crippen LogP) is 4.37. The van der Waals surface area contributed by atoms with Gasteiger partial charge in [0.15, 0.2) is 16.6 Å². The molecule has 1 saturated heterocycles. The first kappa shape index (κ1) is 22.2. The first-order valence-corrected chi connectivity index (χ1v) is 12.0. The molecule has 0 bridgehead atoms. The van der Waals surface area contributed by atoms with Crippen LogP contribution in [0.3, 0.4) is 0 Å². The third kappa shape index (κ3) is 4.99. The van der Waals surface area contributed by atoms with Crippen molar-refractivity contribution >= 4 is 50.3 Å². The molecule has 0 atom stereocenters. The van der Waals surface area contributed by atoms with Crippen LogP contribution in [0.2, 0.25) is 5.02 Å². The van der Waals surface area contributed by atoms with E-state index in [0.717, 1.165) is 54.2 Å². The van der Waals surface area contributed by atoms with Crippen molar-refractivity contribution in [1.82, 2.24) is 9.88 Å². The number of carbonyl (C=O) groups excluding carboxylic acids is 1. The molecule has 0 unspecified atom stereocenters. The molecule has 172 valence electrons. The number of morpholine rings is 1. The van der Waals surface area contributed by atoms with Gasteiger partial charge in [-0.1, -0.05) is 29.0 Å². The van der Waals surface area contributed by atoms with Gasteiger partial charge in [-0.2, -0.15) is 0 Å². The number of nitrogens with zero attached hydrogens (tertiary/aromatic N) is 3. The van der Waals surface area contributed by atoms with Gasteiger partial charge in [0, 0.05) is 37.3 Å². The standard InChI is InChI=1S/C24H24ClN3O4S/c1-16-12-18(25)14-21-23(16)26-24(33-21)28(7-6-27-8-10-30-11-9-27)22(29)5-3-17-2-4-19-20(13-17)32-15-31-19/h2-5,12-14H,6-11,15H2,1H3/b5-3+. The molecule has 33 heavy (non-hydrogen) atoms. The Hall–Kier alpha value is -2.65. The van der Waals surface area contributed by atoms with Crippen molar-refractivity contribution in [3.05, 3.63) is 52.6 Å². The van der Waals surface area contributed by atoms with Gasteiger partial charge in [-0.05, 0) is 48.4 Å². The van der Waals surface area contributed by atoms with E-state index in [-0.39, 0.29) is 12.7 Å². The molecular weight excluding hydrogens is 462 g/mol. The molecule has 5 rings (SSSR count). The molecule has 3 heterocycles. The molecule has 0 N–H and O–H groups in total. The fourth-order valence-corrected chi connectivity index (χ4v) is 5.35. The SMILES string of the molecule is Cc1cc(Cl)cc2sc(N(CCN3CCOCC3)C(=O)/C=C/c3ccc4c(c3)OCO4)nc12. The van der Waals surface area contributed by atoms with Gasteiger partial charge in [-0.25, -0.2) is 4.98 Å². The Morgan fingerprint density at radius 1 is 1.21 bits per heavy atom. The summed E-state index contributed by atoms with van der Waals surface area (Å²) in [6.45, 7) is 6.66. The van der Waals surface area contributed by atoms with E-state index in [0.29, 0.717) is 28.2 Å². The summed E-state index contributed by atoms with van der Waals surface area (Å²) in [6, 6.07) is 9.42. The van der Waals surface area contributed by atoms with Gasteiger partial charge in [0.2, 0.25) is 6.79 Å². The average molecular weight is 486 g/mol. The summed E-state index contributed by atoms with van der Waals surface area (Å²) in [5.74, 6) is 1.28. The number of aryl methyl sites for hydroxylation is 1. The van der Waals surface area contributed by atoms with E-state index in [1.54, 1.807) is 17.1 Å². The number of thiazole rings is 1. The summed E-state index contributed by atoms with van der Waals surface area (Å²) < 4.78 is 17.2. The summed E-state index contributed by atoms with van der Waals surface area (Å²) in [7, 11) is 0. The maximum atomic E-state index is 13.3. The van der Waals surface area contributed by atoms with Crippen molar-refractivity contribution in [3.8, 4) is 11.5 Å². The van der Waals surface area contributed by atoms with E-state index in [1.165, 1.54) is 11.3 Å². The molecule has 0 radical (unpaired) electrons. The second-order valence-electron chi connectivity index (χ2n) is 7.96. The highest BCUT2D eigenvalue weighted by atomic mass is 35.5. The number of benzene rings is 2. The van der Waals surface area contributed by atoms with E-state index in [2.05, 4.69) is 4.90 Å². The summed E-state index contributed by atoms with van der Waals surface area (Å²) in [4.78, 5) is 22.2. The van der Waals surface area contributed by atoms with Crippen molar-refractivity contribution in [2.24, 2.45) is 0 Å². The zero-order valence-electron chi connectivity index (χ0n) is 18.3. The summed E-state index contributed by atoms with van der Waals surface area (Å²) in [5.41, 5.74) is 2.74. The minimum absolute atomic E-state index is 0.122. The highest BCUT2D eigenvalue weighted by Crippen LogP contribution is 2.34. The molecule has 1 amide bonds. The van der Waals surface area contributed by atoms with Crippen LogP contribution in [0.15, 0.2) is 36.4 Å². The van der Waals surface area contributed by atoms with E-state index in [9.17, 15) is 4.79 Å². The van der Waals surface area contributed by atoms with Gasteiger partial charge in [-0.15, -0.1) is 0 Å². The Kier molecular flexibility index (Phi) is 6.50. The highest BCUT2D eigenvalue weighted by Gasteiger charge is 2.21. The third-order valence-electron chi connectivity index (χ3n) is 5.69. The normalized spacial score (nSPS) is 16.1. The van der Waals surface area contributed by atoms with Crippen molar-refractivity contribution in [3.63, 3.8) is 0 Å². The maximum Gasteiger partial charge on any atom is 0.252 e. The molecule has 0 aliphatic carbocycles. The zero-order valence-corrected chi connectivity index (χ0v) is 19.8. The van der Waals surface area contributed by atoms with E-state index < -0.39 is 0 Å². The highest BCUT2D eigenvalue weighted by molar-refractivity contribution is 7.22. The Morgan fingerprint density at radius 2 is 2.03 bits per heavy atom. The largest absolute Gasteiger partial charge is 0.454 e. The molecular formula is C24H24ClN3O4S. The topological polar surface area (TPSA) is 64.1 Å². The monoisotopic (exact) mass is 485 g/mol. The second kappa shape index (κ2) is 9.69. The number of rotatable bonds is 6. The van der Waals surface area contributed by atoms with E-state index in [4.69, 9.17) is 30.8 Å². The second-order valence-corrected chi connectivity index (χ2v) is 9.40. The lowest BCUT2D eigenvalue weighted by atomic mass is 10.2. The first-order valence-electron chi connectivity index (χ1n) is 10.8. The molecule has 1 fully saturated rings. The molecule has 7 nitrogen and oxygen atoms in total. The molecule has 2 aliphatic heterocycles. The van der Waals surface area contributed by atoms with Crippen LogP contribution < -0.4 is 14.4 Å². The van der Waals surface area contributed by atoms with Gasteiger partial charge in [-0.3, -0.25) is 14.6 Å². The van der Waals surface area contributed by atoms with Crippen LogP contribution in [0.4, 0.5) is 5.13 Å². The molecule has 2 aromatic carbocycles. The predicted molar refractivity (Wildman–Crippen MR) is 131 cm³/mol. The third-order valence-corrected chi connectivity index (χ3v) is 6.94. The molecule has 3 aromatic rings. The first-order chi connectivity index (χ1) is 16.1. The van der Waals surface area contributed by atoms with Crippen molar-refractivity contribution < 1.29 is 19.0 Å². The van der Waals surface area contributed by atoms with Crippen molar-refractivity contribution in [2.45, 2.75) is 6.92 Å². The fraction of sp³-hybridized carbons (Fsp3) is 0.333. The van der Waals surface area contributed by atoms with Gasteiger partial charge in [0.05, 0.1) is 23.4 Å². The molecule has 0 saturated carbocycles. The number of anilines is 1.